The Morgan fingerprint density at radius 2 is 1.81 bits per heavy atom. The minimum atomic E-state index is -0.857. The molecule has 0 saturated carbocycles. The van der Waals surface area contributed by atoms with Gasteiger partial charge in [0.1, 0.15) is 24.2 Å². The monoisotopic (exact) mass is 593 g/mol. The number of carbonyl (C=O) groups is 2. The van der Waals surface area contributed by atoms with E-state index in [1.807, 2.05) is 6.07 Å². The molecule has 0 fully saturated rings. The minimum Gasteiger partial charge on any atom is -0.488 e. The van der Waals surface area contributed by atoms with E-state index in [0.717, 1.165) is 10.0 Å². The standard InChI is InChI=1S/C26H23BrCl2FN3O3/c1-15(2)24(32-25(34)16-4-8-21(30)9-5-16)26(35)33-31-13-18-11-19(27)6-10-23(18)36-14-17-3-7-20(28)12-22(17)29/h3-13,15,24H,14H2,1-2H3,(H,32,34)(H,33,35). The number of carbonyl (C=O) groups excluding carboxylic acids is 2. The van der Waals surface area contributed by atoms with E-state index < -0.39 is 23.7 Å². The lowest BCUT2D eigenvalue weighted by atomic mass is 10.0. The molecule has 3 rings (SSSR count). The van der Waals surface area contributed by atoms with Crippen molar-refractivity contribution in [2.45, 2.75) is 26.5 Å². The third-order valence-electron chi connectivity index (χ3n) is 5.09. The van der Waals surface area contributed by atoms with Crippen LogP contribution >= 0.6 is 39.1 Å². The largest absolute Gasteiger partial charge is 0.488 e. The van der Waals surface area contributed by atoms with E-state index in [-0.39, 0.29) is 18.1 Å². The molecule has 0 saturated heterocycles. The van der Waals surface area contributed by atoms with Crippen LogP contribution in [0.5, 0.6) is 5.75 Å². The Balaban J connectivity index is 1.67. The lowest BCUT2D eigenvalue weighted by Crippen LogP contribution is -2.48. The molecule has 188 valence electrons. The number of halogens is 4. The molecule has 3 aromatic carbocycles. The number of rotatable bonds is 9. The lowest BCUT2D eigenvalue weighted by Gasteiger charge is -2.20. The van der Waals surface area contributed by atoms with Crippen molar-refractivity contribution in [2.75, 3.05) is 0 Å². The van der Waals surface area contributed by atoms with Crippen molar-refractivity contribution in [1.29, 1.82) is 0 Å². The number of amides is 2. The SMILES string of the molecule is CC(C)C(NC(=O)c1ccc(F)cc1)C(=O)NN=Cc1cc(Br)ccc1OCc1ccc(Cl)cc1Cl. The summed E-state index contributed by atoms with van der Waals surface area (Å²) in [4.78, 5) is 25.3. The van der Waals surface area contributed by atoms with Gasteiger partial charge in [0.25, 0.3) is 11.8 Å². The second kappa shape index (κ2) is 12.9. The molecule has 0 aliphatic carbocycles. The van der Waals surface area contributed by atoms with Crippen molar-refractivity contribution in [2.24, 2.45) is 11.0 Å². The maximum Gasteiger partial charge on any atom is 0.262 e. The summed E-state index contributed by atoms with van der Waals surface area (Å²) in [5.74, 6) is -1.14. The molecule has 0 aromatic heterocycles. The van der Waals surface area contributed by atoms with Gasteiger partial charge >= 0.3 is 0 Å². The van der Waals surface area contributed by atoms with Crippen LogP contribution in [0, 0.1) is 11.7 Å². The fourth-order valence-electron chi connectivity index (χ4n) is 3.14. The molecule has 2 N–H and O–H groups in total. The number of ether oxygens (including phenoxy) is 1. The summed E-state index contributed by atoms with van der Waals surface area (Å²) in [6.07, 6.45) is 1.45. The first-order valence-electron chi connectivity index (χ1n) is 10.9. The Bertz CT molecular complexity index is 1270. The lowest BCUT2D eigenvalue weighted by molar-refractivity contribution is -0.123. The normalized spacial score (nSPS) is 12.0. The minimum absolute atomic E-state index is 0.204. The first-order chi connectivity index (χ1) is 17.1. The predicted octanol–water partition coefficient (Wildman–Crippen LogP) is 6.38. The summed E-state index contributed by atoms with van der Waals surface area (Å²) in [6.45, 7) is 3.79. The topological polar surface area (TPSA) is 79.8 Å². The summed E-state index contributed by atoms with van der Waals surface area (Å²) in [5.41, 5.74) is 4.07. The Hall–Kier alpha value is -2.94. The molecule has 0 heterocycles. The van der Waals surface area contributed by atoms with Gasteiger partial charge in [-0.1, -0.05) is 59.0 Å². The van der Waals surface area contributed by atoms with Gasteiger partial charge in [0.15, 0.2) is 0 Å². The summed E-state index contributed by atoms with van der Waals surface area (Å²) in [5, 5.41) is 7.74. The van der Waals surface area contributed by atoms with Crippen molar-refractivity contribution >= 4 is 57.2 Å². The van der Waals surface area contributed by atoms with E-state index in [9.17, 15) is 14.0 Å². The highest BCUT2D eigenvalue weighted by Gasteiger charge is 2.24. The van der Waals surface area contributed by atoms with Crippen LogP contribution in [0.2, 0.25) is 10.0 Å². The summed E-state index contributed by atoms with van der Waals surface area (Å²) < 4.78 is 19.8. The van der Waals surface area contributed by atoms with Crippen molar-refractivity contribution in [3.8, 4) is 5.75 Å². The van der Waals surface area contributed by atoms with Gasteiger partial charge in [0.05, 0.1) is 6.21 Å². The summed E-state index contributed by atoms with van der Waals surface area (Å²) >= 11 is 15.6. The molecule has 6 nitrogen and oxygen atoms in total. The molecule has 0 bridgehead atoms. The van der Waals surface area contributed by atoms with Crippen LogP contribution in [0.25, 0.3) is 0 Å². The highest BCUT2D eigenvalue weighted by Crippen LogP contribution is 2.26. The van der Waals surface area contributed by atoms with E-state index >= 15 is 0 Å². The molecule has 0 aliphatic heterocycles. The quantitative estimate of drug-likeness (QED) is 0.223. The molecule has 0 aliphatic rings. The van der Waals surface area contributed by atoms with Crippen molar-refractivity contribution < 1.29 is 18.7 Å². The fourth-order valence-corrected chi connectivity index (χ4v) is 3.98. The average molecular weight is 595 g/mol. The van der Waals surface area contributed by atoms with Gasteiger partial charge in [-0.2, -0.15) is 5.10 Å². The Kier molecular flexibility index (Phi) is 9.87. The number of hydrogen-bond donors (Lipinski definition) is 2. The van der Waals surface area contributed by atoms with Crippen LogP contribution in [0.15, 0.2) is 70.2 Å². The molecule has 3 aromatic rings. The third kappa shape index (κ3) is 7.78. The van der Waals surface area contributed by atoms with Crippen molar-refractivity contribution in [3.63, 3.8) is 0 Å². The van der Waals surface area contributed by atoms with E-state index in [4.69, 9.17) is 27.9 Å². The van der Waals surface area contributed by atoms with Gasteiger partial charge in [0.2, 0.25) is 0 Å². The Morgan fingerprint density at radius 1 is 1.08 bits per heavy atom. The van der Waals surface area contributed by atoms with E-state index in [1.54, 1.807) is 44.2 Å². The number of nitrogens with one attached hydrogen (secondary N) is 2. The molecule has 2 amide bonds. The first kappa shape index (κ1) is 27.6. The van der Waals surface area contributed by atoms with Crippen LogP contribution in [0.4, 0.5) is 4.39 Å². The number of nitrogens with zero attached hydrogens (tertiary/aromatic N) is 1. The maximum atomic E-state index is 13.1. The van der Waals surface area contributed by atoms with Gasteiger partial charge in [-0.05, 0) is 60.5 Å². The fraction of sp³-hybridized carbons (Fsp3) is 0.192. The number of benzene rings is 3. The van der Waals surface area contributed by atoms with Gasteiger partial charge in [-0.3, -0.25) is 9.59 Å². The second-order valence-corrected chi connectivity index (χ2v) is 9.90. The van der Waals surface area contributed by atoms with Crippen molar-refractivity contribution in [1.82, 2.24) is 10.7 Å². The summed E-state index contributed by atoms with van der Waals surface area (Å²) in [6, 6.07) is 14.7. The molecule has 0 spiro atoms. The highest BCUT2D eigenvalue weighted by molar-refractivity contribution is 9.10. The molecule has 36 heavy (non-hydrogen) atoms. The first-order valence-corrected chi connectivity index (χ1v) is 12.4. The Labute approximate surface area is 227 Å². The zero-order valence-corrected chi connectivity index (χ0v) is 22.5. The average Bonchev–Trinajstić information content (AvgIpc) is 2.83. The zero-order valence-electron chi connectivity index (χ0n) is 19.4. The van der Waals surface area contributed by atoms with E-state index in [2.05, 4.69) is 31.8 Å². The third-order valence-corrected chi connectivity index (χ3v) is 6.17. The van der Waals surface area contributed by atoms with Gasteiger partial charge < -0.3 is 10.1 Å². The van der Waals surface area contributed by atoms with Crippen molar-refractivity contribution in [3.05, 3.63) is 97.7 Å². The molecule has 10 heteroatoms. The molecule has 1 unspecified atom stereocenters. The van der Waals surface area contributed by atoms with Crippen LogP contribution in [0.3, 0.4) is 0 Å². The van der Waals surface area contributed by atoms with Crippen LogP contribution in [-0.4, -0.2) is 24.1 Å². The molecule has 1 atom stereocenters. The molecule has 0 radical (unpaired) electrons. The molecular weight excluding hydrogens is 572 g/mol. The zero-order chi connectivity index (χ0) is 26.2. The van der Waals surface area contributed by atoms with E-state index in [0.29, 0.717) is 21.4 Å². The highest BCUT2D eigenvalue weighted by atomic mass is 79.9. The van der Waals surface area contributed by atoms with Gasteiger partial charge in [-0.15, -0.1) is 0 Å². The van der Waals surface area contributed by atoms with Gasteiger partial charge in [0, 0.05) is 31.2 Å². The molecular formula is C26H23BrCl2FN3O3. The van der Waals surface area contributed by atoms with Crippen LogP contribution < -0.4 is 15.5 Å². The van der Waals surface area contributed by atoms with Crippen LogP contribution in [0.1, 0.15) is 35.3 Å². The van der Waals surface area contributed by atoms with Crippen LogP contribution in [-0.2, 0) is 11.4 Å². The Morgan fingerprint density at radius 3 is 2.47 bits per heavy atom. The van der Waals surface area contributed by atoms with E-state index in [1.165, 1.54) is 30.5 Å². The number of hydrogen-bond acceptors (Lipinski definition) is 4. The van der Waals surface area contributed by atoms with Gasteiger partial charge in [-0.25, -0.2) is 9.82 Å². The smallest absolute Gasteiger partial charge is 0.262 e. The predicted molar refractivity (Wildman–Crippen MR) is 143 cm³/mol. The summed E-state index contributed by atoms with van der Waals surface area (Å²) in [7, 11) is 0. The number of hydrazone groups is 1. The second-order valence-electron chi connectivity index (χ2n) is 8.14. The maximum absolute atomic E-state index is 13.1.